The highest BCUT2D eigenvalue weighted by molar-refractivity contribution is 7.16. The van der Waals surface area contributed by atoms with Crippen molar-refractivity contribution in [2.75, 3.05) is 12.4 Å². The minimum Gasteiger partial charge on any atom is -0.504 e. The number of nitrogens with one attached hydrogen (secondary N) is 2. The van der Waals surface area contributed by atoms with Crippen LogP contribution in [0.25, 0.3) is 0 Å². The van der Waals surface area contributed by atoms with Gasteiger partial charge in [0.1, 0.15) is 11.2 Å². The van der Waals surface area contributed by atoms with E-state index in [1.165, 1.54) is 17.6 Å². The fraction of sp³-hybridized carbons (Fsp3) is 0.389. The summed E-state index contributed by atoms with van der Waals surface area (Å²) in [5.74, 6) is 1.13. The van der Waals surface area contributed by atoms with E-state index in [0.29, 0.717) is 11.7 Å². The number of phenols is 1. The Hall–Kier alpha value is -2.21. The second-order valence-corrected chi connectivity index (χ2v) is 7.64. The Bertz CT molecular complexity index is 815. The maximum absolute atomic E-state index is 12.7. The molecule has 1 aliphatic carbocycles. The molecule has 0 saturated heterocycles. The van der Waals surface area contributed by atoms with Crippen LogP contribution >= 0.6 is 11.3 Å². The SMILES string of the molecule is COc1ccc([C@H]2NC(=O)c3c(sc4c3CC[C@H](C)C4)N2)cc1O. The zero-order chi connectivity index (χ0) is 16.8. The predicted octanol–water partition coefficient (Wildman–Crippen LogP) is 3.44. The summed E-state index contributed by atoms with van der Waals surface area (Å²) in [5, 5.41) is 17.3. The standard InChI is InChI=1S/C18H20N2O3S/c1-9-3-5-11-14(7-9)24-18-15(11)17(22)19-16(20-18)10-4-6-13(23-2)12(21)8-10/h4,6,8-9,16,20-21H,3,5,7H2,1-2H3,(H,19,22)/t9-,16-/m0/s1. The van der Waals surface area contributed by atoms with E-state index in [4.69, 9.17) is 4.74 Å². The first-order valence-corrected chi connectivity index (χ1v) is 8.97. The number of fused-ring (bicyclic) bond motifs is 3. The van der Waals surface area contributed by atoms with Gasteiger partial charge in [-0.25, -0.2) is 0 Å². The van der Waals surface area contributed by atoms with Crippen molar-refractivity contribution >= 4 is 22.2 Å². The molecule has 2 heterocycles. The number of benzene rings is 1. The maximum atomic E-state index is 12.7. The summed E-state index contributed by atoms with van der Waals surface area (Å²) in [6.07, 6.45) is 2.82. The molecule has 3 N–H and O–H groups in total. The minimum atomic E-state index is -0.348. The smallest absolute Gasteiger partial charge is 0.256 e. The zero-order valence-electron chi connectivity index (χ0n) is 13.7. The molecule has 0 saturated carbocycles. The normalized spacial score (nSPS) is 22.2. The van der Waals surface area contributed by atoms with Crippen molar-refractivity contribution in [2.45, 2.75) is 32.4 Å². The number of rotatable bonds is 2. The van der Waals surface area contributed by atoms with Crippen LogP contribution in [0.4, 0.5) is 5.00 Å². The van der Waals surface area contributed by atoms with Crippen LogP contribution in [0.2, 0.25) is 0 Å². The first kappa shape index (κ1) is 15.3. The van der Waals surface area contributed by atoms with E-state index in [-0.39, 0.29) is 17.8 Å². The Labute approximate surface area is 144 Å². The molecule has 4 rings (SSSR count). The van der Waals surface area contributed by atoms with Gasteiger partial charge in [-0.2, -0.15) is 0 Å². The average molecular weight is 344 g/mol. The molecular formula is C18H20N2O3S. The molecular weight excluding hydrogens is 324 g/mol. The number of thiophene rings is 1. The molecule has 1 aliphatic heterocycles. The van der Waals surface area contributed by atoms with Crippen molar-refractivity contribution in [1.82, 2.24) is 5.32 Å². The van der Waals surface area contributed by atoms with Crippen molar-refractivity contribution in [3.05, 3.63) is 39.8 Å². The molecule has 0 bridgehead atoms. The number of methoxy groups -OCH3 is 1. The number of phenolic OH excluding ortho intramolecular Hbond substituents is 1. The number of hydrogen-bond acceptors (Lipinski definition) is 5. The van der Waals surface area contributed by atoms with Gasteiger partial charge in [-0.1, -0.05) is 13.0 Å². The van der Waals surface area contributed by atoms with Crippen molar-refractivity contribution in [3.63, 3.8) is 0 Å². The lowest BCUT2D eigenvalue weighted by atomic mass is 9.88. The van der Waals surface area contributed by atoms with E-state index >= 15 is 0 Å². The number of aromatic hydroxyl groups is 1. The Morgan fingerprint density at radius 2 is 2.17 bits per heavy atom. The molecule has 2 aliphatic rings. The molecule has 0 fully saturated rings. The summed E-state index contributed by atoms with van der Waals surface area (Å²) in [7, 11) is 1.51. The molecule has 5 nitrogen and oxygen atoms in total. The van der Waals surface area contributed by atoms with Crippen molar-refractivity contribution in [2.24, 2.45) is 5.92 Å². The van der Waals surface area contributed by atoms with Crippen LogP contribution in [0.5, 0.6) is 11.5 Å². The predicted molar refractivity (Wildman–Crippen MR) is 94.0 cm³/mol. The van der Waals surface area contributed by atoms with E-state index in [0.717, 1.165) is 35.4 Å². The van der Waals surface area contributed by atoms with Gasteiger partial charge in [0.25, 0.3) is 5.91 Å². The van der Waals surface area contributed by atoms with Gasteiger partial charge in [0.15, 0.2) is 11.5 Å². The van der Waals surface area contributed by atoms with Crippen LogP contribution in [-0.2, 0) is 12.8 Å². The lowest BCUT2D eigenvalue weighted by molar-refractivity contribution is 0.0935. The van der Waals surface area contributed by atoms with Crippen LogP contribution in [0, 0.1) is 5.92 Å². The van der Waals surface area contributed by atoms with Crippen LogP contribution < -0.4 is 15.4 Å². The molecule has 24 heavy (non-hydrogen) atoms. The summed E-state index contributed by atoms with van der Waals surface area (Å²) < 4.78 is 5.07. The topological polar surface area (TPSA) is 70.6 Å². The molecule has 1 aromatic carbocycles. The molecule has 6 heteroatoms. The summed E-state index contributed by atoms with van der Waals surface area (Å²) in [5.41, 5.74) is 2.83. The lowest BCUT2D eigenvalue weighted by Crippen LogP contribution is -2.38. The third-order valence-electron chi connectivity index (χ3n) is 4.83. The molecule has 0 radical (unpaired) electrons. The molecule has 2 atom stereocenters. The van der Waals surface area contributed by atoms with Crippen molar-refractivity contribution < 1.29 is 14.6 Å². The molecule has 2 aromatic rings. The third kappa shape index (κ3) is 2.41. The minimum absolute atomic E-state index is 0.0314. The Morgan fingerprint density at radius 1 is 1.33 bits per heavy atom. The molecule has 126 valence electrons. The first-order valence-electron chi connectivity index (χ1n) is 8.15. The van der Waals surface area contributed by atoms with Gasteiger partial charge in [0.05, 0.1) is 12.7 Å². The maximum Gasteiger partial charge on any atom is 0.256 e. The number of carbonyl (C=O) groups excluding carboxylic acids is 1. The fourth-order valence-electron chi connectivity index (χ4n) is 3.52. The van der Waals surface area contributed by atoms with Crippen molar-refractivity contribution in [1.29, 1.82) is 0 Å². The van der Waals surface area contributed by atoms with Gasteiger partial charge < -0.3 is 20.5 Å². The van der Waals surface area contributed by atoms with Gasteiger partial charge in [0.2, 0.25) is 0 Å². The van der Waals surface area contributed by atoms with Crippen LogP contribution in [-0.4, -0.2) is 18.1 Å². The quantitative estimate of drug-likeness (QED) is 0.780. The Kier molecular flexibility index (Phi) is 3.64. The number of amides is 1. The summed E-state index contributed by atoms with van der Waals surface area (Å²) in [6, 6.07) is 5.17. The van der Waals surface area contributed by atoms with Gasteiger partial charge in [-0.3, -0.25) is 4.79 Å². The summed E-state index contributed by atoms with van der Waals surface area (Å²) in [6.45, 7) is 2.26. The monoisotopic (exact) mass is 344 g/mol. The van der Waals surface area contributed by atoms with E-state index in [1.54, 1.807) is 23.5 Å². The second kappa shape index (κ2) is 5.70. The van der Waals surface area contributed by atoms with Crippen LogP contribution in [0.3, 0.4) is 0 Å². The van der Waals surface area contributed by atoms with E-state index in [9.17, 15) is 9.90 Å². The largest absolute Gasteiger partial charge is 0.504 e. The highest BCUT2D eigenvalue weighted by Crippen LogP contribution is 2.43. The van der Waals surface area contributed by atoms with Gasteiger partial charge >= 0.3 is 0 Å². The van der Waals surface area contributed by atoms with Gasteiger partial charge in [0, 0.05) is 4.88 Å². The van der Waals surface area contributed by atoms with E-state index in [1.807, 2.05) is 6.07 Å². The van der Waals surface area contributed by atoms with Gasteiger partial charge in [-0.05, 0) is 48.4 Å². The van der Waals surface area contributed by atoms with Gasteiger partial charge in [-0.15, -0.1) is 11.3 Å². The number of ether oxygens (including phenoxy) is 1. The number of hydrogen-bond donors (Lipinski definition) is 3. The Balaban J connectivity index is 1.67. The summed E-state index contributed by atoms with van der Waals surface area (Å²) in [4.78, 5) is 14.0. The summed E-state index contributed by atoms with van der Waals surface area (Å²) >= 11 is 1.70. The number of anilines is 1. The molecule has 0 spiro atoms. The highest BCUT2D eigenvalue weighted by Gasteiger charge is 2.33. The first-order chi connectivity index (χ1) is 11.6. The average Bonchev–Trinajstić information content (AvgIpc) is 2.92. The van der Waals surface area contributed by atoms with E-state index < -0.39 is 0 Å². The van der Waals surface area contributed by atoms with Crippen LogP contribution in [0.15, 0.2) is 18.2 Å². The third-order valence-corrected chi connectivity index (χ3v) is 6.01. The molecule has 1 aromatic heterocycles. The second-order valence-electron chi connectivity index (χ2n) is 6.54. The van der Waals surface area contributed by atoms with Crippen molar-refractivity contribution in [3.8, 4) is 11.5 Å². The van der Waals surface area contributed by atoms with Crippen LogP contribution in [0.1, 0.15) is 45.9 Å². The number of carbonyl (C=O) groups is 1. The molecule has 0 unspecified atom stereocenters. The van der Waals surface area contributed by atoms with E-state index in [2.05, 4.69) is 17.6 Å². The lowest BCUT2D eigenvalue weighted by Gasteiger charge is -2.27. The Morgan fingerprint density at radius 3 is 2.92 bits per heavy atom. The molecule has 1 amide bonds. The fourth-order valence-corrected chi connectivity index (χ4v) is 4.95. The highest BCUT2D eigenvalue weighted by atomic mass is 32.1. The zero-order valence-corrected chi connectivity index (χ0v) is 14.5.